The molecule has 2 heterocycles. The molecule has 0 unspecified atom stereocenters. The Balaban J connectivity index is 1.55. The molecule has 1 aromatic carbocycles. The quantitative estimate of drug-likeness (QED) is 0.791. The molecule has 1 N–H and O–H groups in total. The molecule has 0 radical (unpaired) electrons. The molecule has 0 aliphatic carbocycles. The van der Waals surface area contributed by atoms with E-state index in [0.717, 1.165) is 12.0 Å². The molecule has 27 heavy (non-hydrogen) atoms. The standard InChI is InChI=1S/C20H23N3O4/c1-13-5-7-15(8-6-13)17(24)9-10-19(25)23-11-3-4-16(23)20(26)21-18-12-14(2)27-22-18/h5-8,12,16H,3-4,9-11H2,1-2H3,(H,21,22,26)/t16-/m1/s1. The van der Waals surface area contributed by atoms with E-state index in [0.29, 0.717) is 30.1 Å². The van der Waals surface area contributed by atoms with Gasteiger partial charge >= 0.3 is 0 Å². The summed E-state index contributed by atoms with van der Waals surface area (Å²) in [6.45, 7) is 4.21. The average molecular weight is 369 g/mol. The zero-order chi connectivity index (χ0) is 19.4. The number of Topliss-reactive ketones (excluding diaryl/α,β-unsaturated/α-hetero) is 1. The van der Waals surface area contributed by atoms with Crippen LogP contribution in [0.5, 0.6) is 0 Å². The van der Waals surface area contributed by atoms with Crippen LogP contribution in [-0.2, 0) is 9.59 Å². The molecule has 1 atom stereocenters. The van der Waals surface area contributed by atoms with Gasteiger partial charge in [0.25, 0.3) is 0 Å². The average Bonchev–Trinajstić information content (AvgIpc) is 3.29. The Morgan fingerprint density at radius 3 is 2.59 bits per heavy atom. The van der Waals surface area contributed by atoms with Crippen LogP contribution in [0, 0.1) is 13.8 Å². The third-order valence-corrected chi connectivity index (χ3v) is 4.69. The normalized spacial score (nSPS) is 16.4. The van der Waals surface area contributed by atoms with Crippen LogP contribution in [0.4, 0.5) is 5.82 Å². The van der Waals surface area contributed by atoms with Crippen LogP contribution < -0.4 is 5.32 Å². The molecule has 1 fully saturated rings. The lowest BCUT2D eigenvalue weighted by Gasteiger charge is -2.23. The number of nitrogens with zero attached hydrogens (tertiary/aromatic N) is 2. The summed E-state index contributed by atoms with van der Waals surface area (Å²) in [5.74, 6) is 0.413. The van der Waals surface area contributed by atoms with E-state index in [2.05, 4.69) is 10.5 Å². The van der Waals surface area contributed by atoms with Gasteiger partial charge in [-0.2, -0.15) is 0 Å². The van der Waals surface area contributed by atoms with Crippen LogP contribution >= 0.6 is 0 Å². The fourth-order valence-corrected chi connectivity index (χ4v) is 3.22. The van der Waals surface area contributed by atoms with Gasteiger partial charge in [-0.25, -0.2) is 0 Å². The maximum absolute atomic E-state index is 12.6. The summed E-state index contributed by atoms with van der Waals surface area (Å²) in [7, 11) is 0. The minimum absolute atomic E-state index is 0.0679. The summed E-state index contributed by atoms with van der Waals surface area (Å²) in [6.07, 6.45) is 1.59. The van der Waals surface area contributed by atoms with Crippen molar-refractivity contribution in [3.05, 3.63) is 47.2 Å². The van der Waals surface area contributed by atoms with E-state index in [1.165, 1.54) is 0 Å². The highest BCUT2D eigenvalue weighted by molar-refractivity contribution is 5.99. The Morgan fingerprint density at radius 2 is 1.93 bits per heavy atom. The van der Waals surface area contributed by atoms with Gasteiger partial charge < -0.3 is 14.7 Å². The summed E-state index contributed by atoms with van der Waals surface area (Å²) >= 11 is 0. The number of benzene rings is 1. The Morgan fingerprint density at radius 1 is 1.19 bits per heavy atom. The molecule has 1 aliphatic heterocycles. The van der Waals surface area contributed by atoms with Gasteiger partial charge in [0.1, 0.15) is 11.8 Å². The maximum Gasteiger partial charge on any atom is 0.248 e. The second kappa shape index (κ2) is 8.16. The van der Waals surface area contributed by atoms with Gasteiger partial charge in [0.2, 0.25) is 11.8 Å². The van der Waals surface area contributed by atoms with Crippen LogP contribution in [-0.4, -0.2) is 40.2 Å². The minimum atomic E-state index is -0.538. The van der Waals surface area contributed by atoms with Crippen LogP contribution in [0.15, 0.2) is 34.9 Å². The Hall–Kier alpha value is -2.96. The number of aryl methyl sites for hydroxylation is 2. The second-order valence-electron chi connectivity index (χ2n) is 6.85. The molecule has 0 bridgehead atoms. The number of carbonyl (C=O) groups is 3. The van der Waals surface area contributed by atoms with Gasteiger partial charge in [-0.3, -0.25) is 14.4 Å². The van der Waals surface area contributed by atoms with Crippen molar-refractivity contribution in [3.63, 3.8) is 0 Å². The van der Waals surface area contributed by atoms with Gasteiger partial charge in [-0.05, 0) is 26.7 Å². The highest BCUT2D eigenvalue weighted by Gasteiger charge is 2.34. The first kappa shape index (κ1) is 18.8. The summed E-state index contributed by atoms with van der Waals surface area (Å²) in [5.41, 5.74) is 1.68. The summed E-state index contributed by atoms with van der Waals surface area (Å²) in [4.78, 5) is 38.9. The zero-order valence-corrected chi connectivity index (χ0v) is 15.5. The monoisotopic (exact) mass is 369 g/mol. The van der Waals surface area contributed by atoms with Crippen molar-refractivity contribution in [1.29, 1.82) is 0 Å². The lowest BCUT2D eigenvalue weighted by atomic mass is 10.0. The number of ketones is 1. The van der Waals surface area contributed by atoms with Crippen molar-refractivity contribution in [2.75, 3.05) is 11.9 Å². The number of rotatable bonds is 6. The van der Waals surface area contributed by atoms with E-state index in [4.69, 9.17) is 4.52 Å². The minimum Gasteiger partial charge on any atom is -0.360 e. The first-order valence-electron chi connectivity index (χ1n) is 9.07. The number of hydrogen-bond donors (Lipinski definition) is 1. The molecule has 7 heteroatoms. The van der Waals surface area contributed by atoms with E-state index in [1.807, 2.05) is 19.1 Å². The third-order valence-electron chi connectivity index (χ3n) is 4.69. The van der Waals surface area contributed by atoms with E-state index < -0.39 is 6.04 Å². The molecule has 2 aromatic rings. The van der Waals surface area contributed by atoms with Gasteiger partial charge in [0, 0.05) is 31.0 Å². The predicted molar refractivity (Wildman–Crippen MR) is 99.3 cm³/mol. The van der Waals surface area contributed by atoms with Gasteiger partial charge in [0.05, 0.1) is 0 Å². The van der Waals surface area contributed by atoms with E-state index in [9.17, 15) is 14.4 Å². The van der Waals surface area contributed by atoms with Gasteiger partial charge in [0.15, 0.2) is 11.6 Å². The molecule has 1 aliphatic rings. The number of amides is 2. The van der Waals surface area contributed by atoms with Gasteiger partial charge in [-0.1, -0.05) is 35.0 Å². The number of anilines is 1. The van der Waals surface area contributed by atoms with E-state index in [1.54, 1.807) is 30.0 Å². The molecule has 142 valence electrons. The molecule has 1 saturated heterocycles. The predicted octanol–water partition coefficient (Wildman–Crippen LogP) is 2.88. The fourth-order valence-electron chi connectivity index (χ4n) is 3.22. The van der Waals surface area contributed by atoms with Crippen LogP contribution in [0.25, 0.3) is 0 Å². The van der Waals surface area contributed by atoms with Crippen molar-refractivity contribution in [1.82, 2.24) is 10.1 Å². The maximum atomic E-state index is 12.6. The van der Waals surface area contributed by atoms with E-state index in [-0.39, 0.29) is 30.4 Å². The third kappa shape index (κ3) is 4.61. The molecular weight excluding hydrogens is 346 g/mol. The fraction of sp³-hybridized carbons (Fsp3) is 0.400. The summed E-state index contributed by atoms with van der Waals surface area (Å²) in [6, 6.07) is 8.38. The smallest absolute Gasteiger partial charge is 0.248 e. The van der Waals surface area contributed by atoms with Crippen molar-refractivity contribution < 1.29 is 18.9 Å². The largest absolute Gasteiger partial charge is 0.360 e. The zero-order valence-electron chi connectivity index (χ0n) is 15.5. The van der Waals surface area contributed by atoms with Crippen molar-refractivity contribution in [2.45, 2.75) is 45.6 Å². The lowest BCUT2D eigenvalue weighted by molar-refractivity contribution is -0.136. The first-order valence-corrected chi connectivity index (χ1v) is 9.07. The molecule has 0 saturated carbocycles. The van der Waals surface area contributed by atoms with Gasteiger partial charge in [-0.15, -0.1) is 0 Å². The molecule has 2 amide bonds. The molecule has 1 aromatic heterocycles. The first-order chi connectivity index (χ1) is 12.9. The van der Waals surface area contributed by atoms with Crippen molar-refractivity contribution in [2.24, 2.45) is 0 Å². The number of hydrogen-bond acceptors (Lipinski definition) is 5. The van der Waals surface area contributed by atoms with Crippen molar-refractivity contribution in [3.8, 4) is 0 Å². The molecular formula is C20H23N3O4. The number of aromatic nitrogens is 1. The highest BCUT2D eigenvalue weighted by Crippen LogP contribution is 2.21. The van der Waals surface area contributed by atoms with Crippen LogP contribution in [0.1, 0.15) is 47.4 Å². The number of nitrogens with one attached hydrogen (secondary N) is 1. The van der Waals surface area contributed by atoms with Crippen molar-refractivity contribution >= 4 is 23.4 Å². The van der Waals surface area contributed by atoms with E-state index >= 15 is 0 Å². The summed E-state index contributed by atoms with van der Waals surface area (Å²) < 4.78 is 4.93. The topological polar surface area (TPSA) is 92.5 Å². The molecule has 0 spiro atoms. The number of carbonyl (C=O) groups excluding carboxylic acids is 3. The van der Waals surface area contributed by atoms with Crippen LogP contribution in [0.3, 0.4) is 0 Å². The van der Waals surface area contributed by atoms with Crippen LogP contribution in [0.2, 0.25) is 0 Å². The SMILES string of the molecule is Cc1ccc(C(=O)CCC(=O)N2CCC[C@@H]2C(=O)Nc2cc(C)on2)cc1. The Bertz CT molecular complexity index is 841. The lowest BCUT2D eigenvalue weighted by Crippen LogP contribution is -2.43. The Labute approximate surface area is 157 Å². The summed E-state index contributed by atoms with van der Waals surface area (Å²) in [5, 5.41) is 6.42. The molecule has 7 nitrogen and oxygen atoms in total. The number of likely N-dealkylation sites (tertiary alicyclic amines) is 1. The molecule has 3 rings (SSSR count). The second-order valence-corrected chi connectivity index (χ2v) is 6.85. The highest BCUT2D eigenvalue weighted by atomic mass is 16.5. The Kier molecular flexibility index (Phi) is 5.69.